The summed E-state index contributed by atoms with van der Waals surface area (Å²) in [5.41, 5.74) is 5.91. The minimum Gasteiger partial charge on any atom is -0.462 e. The molecule has 0 spiro atoms. The number of hydrogen-bond acceptors (Lipinski definition) is 9. The molecule has 3 rings (SSSR count). The van der Waals surface area contributed by atoms with Gasteiger partial charge in [0.15, 0.2) is 15.6 Å². The number of nitrogens with one attached hydrogen (secondary N) is 1. The highest BCUT2D eigenvalue weighted by atomic mass is 79.9. The highest BCUT2D eigenvalue weighted by Crippen LogP contribution is 2.34. The lowest BCUT2D eigenvalue weighted by atomic mass is 10.1. The minimum atomic E-state index is -0.681. The summed E-state index contributed by atoms with van der Waals surface area (Å²) in [6.45, 7) is 7.36. The second kappa shape index (κ2) is 10.5. The predicted molar refractivity (Wildman–Crippen MR) is 129 cm³/mol. The zero-order chi connectivity index (χ0) is 24.3. The van der Waals surface area contributed by atoms with Crippen LogP contribution in [0.2, 0.25) is 0 Å². The lowest BCUT2D eigenvalue weighted by Crippen LogP contribution is -2.17. The maximum absolute atomic E-state index is 12.7. The fraction of sp³-hybridized carbons (Fsp3) is 0.350. The van der Waals surface area contributed by atoms with E-state index in [4.69, 9.17) is 14.9 Å². The number of furan rings is 1. The van der Waals surface area contributed by atoms with E-state index in [-0.39, 0.29) is 39.8 Å². The van der Waals surface area contributed by atoms with E-state index in [9.17, 15) is 14.4 Å². The number of halogens is 1. The Morgan fingerprint density at radius 1 is 1.33 bits per heavy atom. The average Bonchev–Trinajstić information content (AvgIpc) is 3.43. The molecule has 3 N–H and O–H groups in total. The maximum Gasteiger partial charge on any atom is 0.341 e. The highest BCUT2D eigenvalue weighted by Gasteiger charge is 2.26. The van der Waals surface area contributed by atoms with Gasteiger partial charge in [-0.2, -0.15) is 0 Å². The van der Waals surface area contributed by atoms with Gasteiger partial charge in [-0.15, -0.1) is 21.5 Å². The van der Waals surface area contributed by atoms with Crippen LogP contribution >= 0.6 is 39.0 Å². The van der Waals surface area contributed by atoms with Gasteiger partial charge in [0, 0.05) is 6.04 Å². The highest BCUT2D eigenvalue weighted by molar-refractivity contribution is 9.10. The molecule has 3 aromatic heterocycles. The summed E-state index contributed by atoms with van der Waals surface area (Å²) in [7, 11) is 0. The zero-order valence-corrected chi connectivity index (χ0v) is 21.5. The van der Waals surface area contributed by atoms with Crippen molar-refractivity contribution in [2.75, 3.05) is 17.7 Å². The Hall–Kier alpha value is -2.64. The van der Waals surface area contributed by atoms with Crippen LogP contribution in [0.3, 0.4) is 0 Å². The number of carbonyl (C=O) groups excluding carboxylic acids is 3. The number of hydrogen-bond donors (Lipinski definition) is 2. The van der Waals surface area contributed by atoms with Crippen molar-refractivity contribution < 1.29 is 23.5 Å². The molecule has 3 aromatic rings. The van der Waals surface area contributed by atoms with Crippen LogP contribution in [-0.4, -0.2) is 44.9 Å². The Morgan fingerprint density at radius 3 is 2.64 bits per heavy atom. The Labute approximate surface area is 206 Å². The number of aromatic nitrogens is 3. The molecule has 0 aliphatic rings. The van der Waals surface area contributed by atoms with Gasteiger partial charge in [0.25, 0.3) is 5.91 Å². The molecule has 0 saturated heterocycles. The molecule has 33 heavy (non-hydrogen) atoms. The summed E-state index contributed by atoms with van der Waals surface area (Å²) in [6.07, 6.45) is 0. The Morgan fingerprint density at radius 2 is 2.06 bits per heavy atom. The van der Waals surface area contributed by atoms with Crippen molar-refractivity contribution >= 4 is 61.8 Å². The van der Waals surface area contributed by atoms with Gasteiger partial charge < -0.3 is 20.2 Å². The van der Waals surface area contributed by atoms with Crippen LogP contribution in [0.4, 0.5) is 5.00 Å². The Kier molecular flexibility index (Phi) is 7.97. The van der Waals surface area contributed by atoms with Gasteiger partial charge in [-0.25, -0.2) is 4.79 Å². The van der Waals surface area contributed by atoms with Gasteiger partial charge in [-0.3, -0.25) is 14.2 Å². The van der Waals surface area contributed by atoms with Crippen LogP contribution in [0.1, 0.15) is 52.4 Å². The van der Waals surface area contributed by atoms with Crippen molar-refractivity contribution in [2.24, 2.45) is 5.73 Å². The number of thiophene rings is 1. The molecule has 0 atom stereocenters. The van der Waals surface area contributed by atoms with Crippen LogP contribution in [0.25, 0.3) is 11.6 Å². The molecule has 0 aromatic carbocycles. The molecule has 0 radical (unpaired) electrons. The molecule has 0 aliphatic carbocycles. The number of nitrogens with two attached hydrogens (primary N) is 1. The van der Waals surface area contributed by atoms with Gasteiger partial charge in [0.2, 0.25) is 11.7 Å². The molecule has 10 nitrogen and oxygen atoms in total. The topological polar surface area (TPSA) is 142 Å². The molecule has 2 amide bonds. The standard InChI is InChI=1S/C20H22BrN5O5S2/c1-5-30-19(29)14-10(4)15(16(22)28)33-18(14)23-13(27)8-32-20-25-24-17(26(20)9(2)3)11-6-7-12(21)31-11/h6-7,9H,5,8H2,1-4H3,(H2,22,28)(H,23,27). The third-order valence-corrected chi connectivity index (χ3v) is 7.00. The van der Waals surface area contributed by atoms with E-state index in [1.54, 1.807) is 26.0 Å². The summed E-state index contributed by atoms with van der Waals surface area (Å²) in [6, 6.07) is 3.55. The molecule has 0 fully saturated rings. The van der Waals surface area contributed by atoms with Crippen molar-refractivity contribution in [3.8, 4) is 11.6 Å². The normalized spacial score (nSPS) is 11.1. The first-order valence-electron chi connectivity index (χ1n) is 9.87. The second-order valence-corrected chi connectivity index (χ2v) is 9.80. The summed E-state index contributed by atoms with van der Waals surface area (Å²) in [4.78, 5) is 37.0. The molecular weight excluding hydrogens is 534 g/mol. The lowest BCUT2D eigenvalue weighted by Gasteiger charge is -2.12. The Balaban J connectivity index is 1.79. The van der Waals surface area contributed by atoms with E-state index in [2.05, 4.69) is 31.4 Å². The molecule has 0 aliphatic heterocycles. The van der Waals surface area contributed by atoms with Crippen LogP contribution in [0.15, 0.2) is 26.4 Å². The summed E-state index contributed by atoms with van der Waals surface area (Å²) in [5, 5.41) is 11.9. The van der Waals surface area contributed by atoms with Crippen molar-refractivity contribution in [1.29, 1.82) is 0 Å². The molecule has 13 heteroatoms. The maximum atomic E-state index is 12.7. The van der Waals surface area contributed by atoms with E-state index in [0.29, 0.717) is 27.0 Å². The van der Waals surface area contributed by atoms with Crippen molar-refractivity contribution in [2.45, 2.75) is 38.9 Å². The third-order valence-electron chi connectivity index (χ3n) is 4.41. The Bertz CT molecular complexity index is 1200. The van der Waals surface area contributed by atoms with Crippen molar-refractivity contribution in [3.63, 3.8) is 0 Å². The van der Waals surface area contributed by atoms with Gasteiger partial charge in [0.1, 0.15) is 5.00 Å². The van der Waals surface area contributed by atoms with E-state index in [1.165, 1.54) is 11.8 Å². The lowest BCUT2D eigenvalue weighted by molar-refractivity contribution is -0.113. The number of anilines is 1. The fourth-order valence-electron chi connectivity index (χ4n) is 3.02. The average molecular weight is 556 g/mol. The zero-order valence-electron chi connectivity index (χ0n) is 18.3. The van der Waals surface area contributed by atoms with Crippen LogP contribution < -0.4 is 11.1 Å². The van der Waals surface area contributed by atoms with Gasteiger partial charge in [-0.05, 0) is 61.3 Å². The van der Waals surface area contributed by atoms with E-state index in [0.717, 1.165) is 11.3 Å². The van der Waals surface area contributed by atoms with Crippen LogP contribution in [0, 0.1) is 6.92 Å². The smallest absolute Gasteiger partial charge is 0.341 e. The van der Waals surface area contributed by atoms with Crippen LogP contribution in [0.5, 0.6) is 0 Å². The van der Waals surface area contributed by atoms with E-state index < -0.39 is 11.9 Å². The van der Waals surface area contributed by atoms with E-state index in [1.807, 2.05) is 18.4 Å². The molecule has 0 bridgehead atoms. The first-order chi connectivity index (χ1) is 15.6. The molecule has 3 heterocycles. The quantitative estimate of drug-likeness (QED) is 0.294. The van der Waals surface area contributed by atoms with Crippen molar-refractivity contribution in [1.82, 2.24) is 14.8 Å². The van der Waals surface area contributed by atoms with Gasteiger partial charge in [-0.1, -0.05) is 11.8 Å². The summed E-state index contributed by atoms with van der Waals surface area (Å²) < 4.78 is 13.1. The van der Waals surface area contributed by atoms with E-state index >= 15 is 0 Å². The van der Waals surface area contributed by atoms with Crippen LogP contribution in [-0.2, 0) is 9.53 Å². The molecular formula is C20H22BrN5O5S2. The first kappa shape index (κ1) is 25.0. The first-order valence-corrected chi connectivity index (χ1v) is 12.5. The largest absolute Gasteiger partial charge is 0.462 e. The summed E-state index contributed by atoms with van der Waals surface area (Å²) >= 11 is 5.41. The second-order valence-electron chi connectivity index (χ2n) is 7.06. The summed E-state index contributed by atoms with van der Waals surface area (Å²) in [5.74, 6) is -0.605. The SMILES string of the molecule is CCOC(=O)c1c(NC(=O)CSc2nnc(-c3ccc(Br)o3)n2C(C)C)sc(C(N)=O)c1C. The number of thioether (sulfide) groups is 1. The molecule has 0 unspecified atom stereocenters. The predicted octanol–water partition coefficient (Wildman–Crippen LogP) is 4.26. The molecule has 176 valence electrons. The minimum absolute atomic E-state index is 0.00216. The van der Waals surface area contributed by atoms with Gasteiger partial charge >= 0.3 is 5.97 Å². The fourth-order valence-corrected chi connectivity index (χ4v) is 5.26. The monoisotopic (exact) mass is 555 g/mol. The number of nitrogens with zero attached hydrogens (tertiary/aromatic N) is 3. The molecule has 0 saturated carbocycles. The number of rotatable bonds is 9. The van der Waals surface area contributed by atoms with Gasteiger partial charge in [0.05, 0.1) is 22.8 Å². The number of ether oxygens (including phenoxy) is 1. The third kappa shape index (κ3) is 5.47. The number of amides is 2. The number of carbonyl (C=O) groups is 3. The van der Waals surface area contributed by atoms with Crippen molar-refractivity contribution in [3.05, 3.63) is 32.8 Å². The number of esters is 1. The number of primary amides is 1.